The quantitative estimate of drug-likeness (QED) is 0.798. The molecule has 6 heteroatoms. The van der Waals surface area contributed by atoms with Gasteiger partial charge < -0.3 is 14.5 Å². The zero-order chi connectivity index (χ0) is 13.1. The average molecular weight is 248 g/mol. The molecule has 1 aromatic heterocycles. The molecule has 0 radical (unpaired) electrons. The molecule has 6 nitrogen and oxygen atoms in total. The van der Waals surface area contributed by atoms with Crippen molar-refractivity contribution in [2.45, 2.75) is 0 Å². The number of methoxy groups -OCH3 is 2. The van der Waals surface area contributed by atoms with Crippen molar-refractivity contribution >= 4 is 5.97 Å². The summed E-state index contributed by atoms with van der Waals surface area (Å²) in [5.74, 6) is 0.0930. The van der Waals surface area contributed by atoms with Gasteiger partial charge >= 0.3 is 11.7 Å². The van der Waals surface area contributed by atoms with Crippen LogP contribution in [-0.4, -0.2) is 30.2 Å². The molecule has 0 saturated heterocycles. The summed E-state index contributed by atoms with van der Waals surface area (Å²) in [5, 5.41) is 0. The van der Waals surface area contributed by atoms with E-state index in [2.05, 4.69) is 14.7 Å². The van der Waals surface area contributed by atoms with E-state index in [0.717, 1.165) is 0 Å². The van der Waals surface area contributed by atoms with E-state index >= 15 is 0 Å². The Morgan fingerprint density at radius 1 is 1.11 bits per heavy atom. The molecule has 0 aliphatic heterocycles. The third kappa shape index (κ3) is 2.13. The number of nitrogens with one attached hydrogen (secondary N) is 2. The van der Waals surface area contributed by atoms with Gasteiger partial charge in [-0.15, -0.1) is 0 Å². The van der Waals surface area contributed by atoms with Crippen molar-refractivity contribution in [2.75, 3.05) is 14.2 Å². The minimum Gasteiger partial charge on any atom is -0.497 e. The van der Waals surface area contributed by atoms with Crippen molar-refractivity contribution in [1.82, 2.24) is 9.97 Å². The van der Waals surface area contributed by atoms with E-state index in [-0.39, 0.29) is 5.69 Å². The number of benzene rings is 1. The van der Waals surface area contributed by atoms with E-state index in [1.165, 1.54) is 7.11 Å². The molecule has 2 N–H and O–H groups in total. The van der Waals surface area contributed by atoms with Gasteiger partial charge in [0.1, 0.15) is 5.75 Å². The van der Waals surface area contributed by atoms with Crippen molar-refractivity contribution in [3.05, 3.63) is 40.4 Å². The van der Waals surface area contributed by atoms with Crippen LogP contribution < -0.4 is 10.4 Å². The van der Waals surface area contributed by atoms with E-state index in [1.54, 1.807) is 31.4 Å². The molecule has 18 heavy (non-hydrogen) atoms. The first-order chi connectivity index (χ1) is 8.65. The van der Waals surface area contributed by atoms with Gasteiger partial charge in [-0.2, -0.15) is 0 Å². The van der Waals surface area contributed by atoms with E-state index in [9.17, 15) is 9.59 Å². The van der Waals surface area contributed by atoms with Gasteiger partial charge in [0.25, 0.3) is 0 Å². The third-order valence-electron chi connectivity index (χ3n) is 2.50. The molecule has 0 bridgehead atoms. The first-order valence-electron chi connectivity index (χ1n) is 5.20. The minimum atomic E-state index is -0.598. The second kappa shape index (κ2) is 4.79. The smallest absolute Gasteiger partial charge is 0.356 e. The Labute approximate surface area is 103 Å². The Morgan fingerprint density at radius 3 is 2.33 bits per heavy atom. The standard InChI is InChI=1S/C12H12N2O4/c1-17-8-5-3-7(4-6-8)9-10(11(15)18-2)14-12(16)13-9/h3-6H,1-2H3,(H2,13,14,16). The fourth-order valence-corrected chi connectivity index (χ4v) is 1.61. The maximum atomic E-state index is 11.5. The number of imidazole rings is 1. The maximum Gasteiger partial charge on any atom is 0.356 e. The number of ether oxygens (including phenoxy) is 2. The highest BCUT2D eigenvalue weighted by Crippen LogP contribution is 2.22. The largest absolute Gasteiger partial charge is 0.497 e. The van der Waals surface area contributed by atoms with Crippen LogP contribution in [0.4, 0.5) is 0 Å². The molecule has 2 aromatic rings. The predicted octanol–water partition coefficient (Wildman–Crippen LogP) is 1.17. The summed E-state index contributed by atoms with van der Waals surface area (Å²) in [6.45, 7) is 0. The minimum absolute atomic E-state index is 0.104. The zero-order valence-corrected chi connectivity index (χ0v) is 9.94. The Kier molecular flexibility index (Phi) is 3.18. The monoisotopic (exact) mass is 248 g/mol. The van der Waals surface area contributed by atoms with Gasteiger partial charge in [-0.25, -0.2) is 9.59 Å². The molecule has 0 atom stereocenters. The van der Waals surface area contributed by atoms with Gasteiger partial charge in [0.15, 0.2) is 5.69 Å². The van der Waals surface area contributed by atoms with Gasteiger partial charge in [-0.3, -0.25) is 4.98 Å². The Bertz CT molecular complexity index is 610. The van der Waals surface area contributed by atoms with Crippen molar-refractivity contribution in [1.29, 1.82) is 0 Å². The molecule has 0 aliphatic carbocycles. The summed E-state index contributed by atoms with van der Waals surface area (Å²) in [4.78, 5) is 27.8. The van der Waals surface area contributed by atoms with Crippen LogP contribution in [0.5, 0.6) is 5.75 Å². The number of rotatable bonds is 3. The Balaban J connectivity index is 2.49. The normalized spacial score (nSPS) is 10.1. The summed E-state index contributed by atoms with van der Waals surface area (Å²) in [7, 11) is 2.82. The van der Waals surface area contributed by atoms with Crippen molar-refractivity contribution in [3.8, 4) is 17.0 Å². The number of H-pyrrole nitrogens is 2. The van der Waals surface area contributed by atoms with Gasteiger partial charge in [-0.05, 0) is 24.3 Å². The zero-order valence-electron chi connectivity index (χ0n) is 9.94. The lowest BCUT2D eigenvalue weighted by Gasteiger charge is -2.03. The lowest BCUT2D eigenvalue weighted by Crippen LogP contribution is -2.06. The first kappa shape index (κ1) is 12.0. The van der Waals surface area contributed by atoms with Gasteiger partial charge in [0, 0.05) is 5.56 Å². The molecule has 2 rings (SSSR count). The fraction of sp³-hybridized carbons (Fsp3) is 0.167. The maximum absolute atomic E-state index is 11.5. The van der Waals surface area contributed by atoms with Gasteiger partial charge in [0.05, 0.1) is 19.9 Å². The van der Waals surface area contributed by atoms with E-state index in [4.69, 9.17) is 4.74 Å². The topological polar surface area (TPSA) is 84.2 Å². The lowest BCUT2D eigenvalue weighted by molar-refractivity contribution is 0.0595. The second-order valence-corrected chi connectivity index (χ2v) is 3.55. The van der Waals surface area contributed by atoms with Crippen molar-refractivity contribution in [2.24, 2.45) is 0 Å². The summed E-state index contributed by atoms with van der Waals surface area (Å²) in [6, 6.07) is 6.96. The number of hydrogen-bond acceptors (Lipinski definition) is 4. The van der Waals surface area contributed by atoms with E-state index in [0.29, 0.717) is 17.0 Å². The van der Waals surface area contributed by atoms with Crippen LogP contribution in [-0.2, 0) is 4.74 Å². The van der Waals surface area contributed by atoms with Crippen LogP contribution in [0, 0.1) is 0 Å². The van der Waals surface area contributed by atoms with Crippen LogP contribution in [0.1, 0.15) is 10.5 Å². The number of carbonyl (C=O) groups excluding carboxylic acids is 1. The molecule has 0 aliphatic rings. The lowest BCUT2D eigenvalue weighted by atomic mass is 10.1. The second-order valence-electron chi connectivity index (χ2n) is 3.55. The number of carbonyl (C=O) groups is 1. The Morgan fingerprint density at radius 2 is 1.78 bits per heavy atom. The van der Waals surface area contributed by atoms with Crippen molar-refractivity contribution < 1.29 is 14.3 Å². The molecule has 0 spiro atoms. The van der Waals surface area contributed by atoms with Crippen LogP contribution in [0.25, 0.3) is 11.3 Å². The summed E-state index contributed by atoms with van der Waals surface area (Å²) in [5.41, 5.74) is 0.734. The number of hydrogen-bond donors (Lipinski definition) is 2. The van der Waals surface area contributed by atoms with E-state index < -0.39 is 11.7 Å². The summed E-state index contributed by atoms with van der Waals surface area (Å²) >= 11 is 0. The number of esters is 1. The number of aromatic nitrogens is 2. The molecule has 0 amide bonds. The fourth-order valence-electron chi connectivity index (χ4n) is 1.61. The Hall–Kier alpha value is -2.50. The third-order valence-corrected chi connectivity index (χ3v) is 2.50. The molecule has 1 aromatic carbocycles. The summed E-state index contributed by atoms with van der Waals surface area (Å²) < 4.78 is 9.64. The van der Waals surface area contributed by atoms with Crippen LogP contribution in [0.3, 0.4) is 0 Å². The highest BCUT2D eigenvalue weighted by Gasteiger charge is 2.17. The highest BCUT2D eigenvalue weighted by molar-refractivity contribution is 5.94. The summed E-state index contributed by atoms with van der Waals surface area (Å²) in [6.07, 6.45) is 0. The van der Waals surface area contributed by atoms with Crippen molar-refractivity contribution in [3.63, 3.8) is 0 Å². The SMILES string of the molecule is COC(=O)c1[nH]c(=O)[nH]c1-c1ccc(OC)cc1. The highest BCUT2D eigenvalue weighted by atomic mass is 16.5. The molecule has 0 unspecified atom stereocenters. The van der Waals surface area contributed by atoms with Crippen LogP contribution in [0.2, 0.25) is 0 Å². The molecular formula is C12H12N2O4. The first-order valence-corrected chi connectivity index (χ1v) is 5.20. The molecule has 1 heterocycles. The molecular weight excluding hydrogens is 236 g/mol. The molecule has 0 saturated carbocycles. The van der Waals surface area contributed by atoms with Crippen LogP contribution >= 0.6 is 0 Å². The molecule has 0 fully saturated rings. The van der Waals surface area contributed by atoms with E-state index in [1.807, 2.05) is 0 Å². The van der Waals surface area contributed by atoms with Gasteiger partial charge in [0.2, 0.25) is 0 Å². The molecule has 94 valence electrons. The average Bonchev–Trinajstić information content (AvgIpc) is 2.80. The van der Waals surface area contributed by atoms with Gasteiger partial charge in [-0.1, -0.05) is 0 Å². The predicted molar refractivity (Wildman–Crippen MR) is 64.7 cm³/mol. The number of aromatic amines is 2. The van der Waals surface area contributed by atoms with Crippen LogP contribution in [0.15, 0.2) is 29.1 Å².